The van der Waals surface area contributed by atoms with E-state index in [1.54, 1.807) is 12.4 Å². The fourth-order valence-electron chi connectivity index (χ4n) is 3.89. The molecule has 8 heteroatoms. The highest BCUT2D eigenvalue weighted by Crippen LogP contribution is 2.34. The SMILES string of the molecule is NC1CCCCC1Nc1nc(-c2cnc3ccccn23)c2c(O)[nH]cc2n1. The number of nitrogens with one attached hydrogen (secondary N) is 2. The molecule has 1 fully saturated rings. The minimum Gasteiger partial charge on any atom is -0.494 e. The predicted molar refractivity (Wildman–Crippen MR) is 104 cm³/mol. The van der Waals surface area contributed by atoms with Crippen LogP contribution < -0.4 is 11.1 Å². The molecule has 138 valence electrons. The van der Waals surface area contributed by atoms with Crippen LogP contribution >= 0.6 is 0 Å². The van der Waals surface area contributed by atoms with Gasteiger partial charge >= 0.3 is 0 Å². The minimum absolute atomic E-state index is 0.0480. The van der Waals surface area contributed by atoms with E-state index in [-0.39, 0.29) is 18.0 Å². The van der Waals surface area contributed by atoms with E-state index in [9.17, 15) is 5.11 Å². The van der Waals surface area contributed by atoms with Gasteiger partial charge in [-0.2, -0.15) is 0 Å². The van der Waals surface area contributed by atoms with E-state index in [2.05, 4.69) is 20.3 Å². The number of hydrogen-bond donors (Lipinski definition) is 4. The topological polar surface area (TPSA) is 117 Å². The smallest absolute Gasteiger partial charge is 0.224 e. The standard InChI is InChI=1S/C19H21N7O/c20-11-5-1-2-6-12(11)23-19-24-13-9-22-18(27)16(13)17(25-19)14-10-21-15-7-3-4-8-26(14)15/h3-4,7-12,22,27H,1-2,5-6,20H2,(H,23,24). The Balaban J connectivity index is 1.65. The molecule has 4 aromatic heterocycles. The third kappa shape index (κ3) is 2.69. The van der Waals surface area contributed by atoms with Crippen molar-refractivity contribution in [2.45, 2.75) is 37.8 Å². The molecule has 1 saturated carbocycles. The zero-order chi connectivity index (χ0) is 18.4. The van der Waals surface area contributed by atoms with E-state index in [0.29, 0.717) is 22.5 Å². The molecule has 0 amide bonds. The number of pyridine rings is 1. The van der Waals surface area contributed by atoms with Crippen molar-refractivity contribution in [2.24, 2.45) is 5.73 Å². The number of nitrogens with zero attached hydrogens (tertiary/aromatic N) is 4. The van der Waals surface area contributed by atoms with Crippen LogP contribution in [0.25, 0.3) is 27.9 Å². The molecule has 2 unspecified atom stereocenters. The summed E-state index contributed by atoms with van der Waals surface area (Å²) in [4.78, 5) is 16.6. The number of nitrogens with two attached hydrogens (primary N) is 1. The van der Waals surface area contributed by atoms with E-state index < -0.39 is 0 Å². The second kappa shape index (κ2) is 6.24. The first kappa shape index (κ1) is 16.1. The van der Waals surface area contributed by atoms with Crippen LogP contribution in [-0.2, 0) is 0 Å². The maximum absolute atomic E-state index is 10.3. The molecule has 27 heavy (non-hydrogen) atoms. The molecule has 0 saturated heterocycles. The lowest BCUT2D eigenvalue weighted by atomic mass is 9.91. The summed E-state index contributed by atoms with van der Waals surface area (Å²) in [7, 11) is 0. The fraction of sp³-hybridized carbons (Fsp3) is 0.316. The zero-order valence-electron chi connectivity index (χ0n) is 14.8. The predicted octanol–water partition coefficient (Wildman–Crippen LogP) is 2.66. The second-order valence-corrected chi connectivity index (χ2v) is 7.06. The van der Waals surface area contributed by atoms with E-state index in [4.69, 9.17) is 10.7 Å². The molecule has 5 rings (SSSR count). The van der Waals surface area contributed by atoms with Gasteiger partial charge in [-0.1, -0.05) is 18.9 Å². The summed E-state index contributed by atoms with van der Waals surface area (Å²) in [5.74, 6) is 0.566. The van der Waals surface area contributed by atoms with Gasteiger partial charge in [0.2, 0.25) is 5.95 Å². The molecular weight excluding hydrogens is 342 g/mol. The van der Waals surface area contributed by atoms with Gasteiger partial charge in [-0.05, 0) is 25.0 Å². The lowest BCUT2D eigenvalue weighted by Crippen LogP contribution is -2.42. The Bertz CT molecular complexity index is 1120. The second-order valence-electron chi connectivity index (χ2n) is 7.06. The molecule has 0 radical (unpaired) electrons. The van der Waals surface area contributed by atoms with E-state index >= 15 is 0 Å². The van der Waals surface area contributed by atoms with Gasteiger partial charge in [-0.25, -0.2) is 15.0 Å². The van der Waals surface area contributed by atoms with Crippen molar-refractivity contribution < 1.29 is 5.11 Å². The first-order chi connectivity index (χ1) is 13.2. The fourth-order valence-corrected chi connectivity index (χ4v) is 3.89. The molecule has 0 bridgehead atoms. The van der Waals surface area contributed by atoms with Crippen LogP contribution in [0.4, 0.5) is 5.95 Å². The first-order valence-corrected chi connectivity index (χ1v) is 9.23. The molecule has 4 aromatic rings. The maximum atomic E-state index is 10.3. The van der Waals surface area contributed by atoms with Crippen LogP contribution in [-0.4, -0.2) is 41.5 Å². The third-order valence-corrected chi connectivity index (χ3v) is 5.31. The molecule has 5 N–H and O–H groups in total. The van der Waals surface area contributed by atoms with Crippen LogP contribution in [0.2, 0.25) is 0 Å². The quantitative estimate of drug-likeness (QED) is 0.444. The summed E-state index contributed by atoms with van der Waals surface area (Å²) in [6, 6.07) is 6.05. The van der Waals surface area contributed by atoms with Crippen LogP contribution in [0.15, 0.2) is 36.8 Å². The summed E-state index contributed by atoms with van der Waals surface area (Å²) in [5.41, 5.74) is 9.16. The van der Waals surface area contributed by atoms with Crippen molar-refractivity contribution in [3.05, 3.63) is 36.8 Å². The Hall–Kier alpha value is -3.13. The van der Waals surface area contributed by atoms with E-state index in [1.165, 1.54) is 0 Å². The maximum Gasteiger partial charge on any atom is 0.224 e. The van der Waals surface area contributed by atoms with Gasteiger partial charge in [0.25, 0.3) is 0 Å². The third-order valence-electron chi connectivity index (χ3n) is 5.31. The normalized spacial score (nSPS) is 20.3. The monoisotopic (exact) mass is 363 g/mol. The van der Waals surface area contributed by atoms with Crippen molar-refractivity contribution in [1.82, 2.24) is 24.3 Å². The van der Waals surface area contributed by atoms with Crippen LogP contribution in [0.3, 0.4) is 0 Å². The van der Waals surface area contributed by atoms with E-state index in [1.807, 2.05) is 28.8 Å². The number of aromatic hydroxyl groups is 1. The van der Waals surface area contributed by atoms with Crippen molar-refractivity contribution in [1.29, 1.82) is 0 Å². The number of hydrogen-bond acceptors (Lipinski definition) is 6. The molecule has 8 nitrogen and oxygen atoms in total. The number of aromatic amines is 1. The Kier molecular flexibility index (Phi) is 3.71. The van der Waals surface area contributed by atoms with Gasteiger partial charge < -0.3 is 21.1 Å². The van der Waals surface area contributed by atoms with Crippen LogP contribution in [0.5, 0.6) is 5.88 Å². The summed E-state index contributed by atoms with van der Waals surface area (Å²) >= 11 is 0. The van der Waals surface area contributed by atoms with Crippen molar-refractivity contribution in [2.75, 3.05) is 5.32 Å². The highest BCUT2D eigenvalue weighted by Gasteiger charge is 2.24. The summed E-state index contributed by atoms with van der Waals surface area (Å²) in [6.45, 7) is 0. The van der Waals surface area contributed by atoms with Gasteiger partial charge in [-0.3, -0.25) is 4.40 Å². The van der Waals surface area contributed by atoms with Gasteiger partial charge in [0, 0.05) is 24.5 Å². The van der Waals surface area contributed by atoms with Gasteiger partial charge in [0.15, 0.2) is 5.88 Å². The molecule has 0 spiro atoms. The Morgan fingerprint density at radius 2 is 2.11 bits per heavy atom. The van der Waals surface area contributed by atoms with Gasteiger partial charge in [0.05, 0.1) is 22.8 Å². The molecule has 2 atom stereocenters. The molecule has 1 aliphatic carbocycles. The van der Waals surface area contributed by atoms with Crippen molar-refractivity contribution in [3.63, 3.8) is 0 Å². The zero-order valence-corrected chi connectivity index (χ0v) is 14.8. The summed E-state index contributed by atoms with van der Waals surface area (Å²) < 4.78 is 1.95. The van der Waals surface area contributed by atoms with E-state index in [0.717, 1.165) is 37.0 Å². The Labute approximate surface area is 155 Å². The average molecular weight is 363 g/mol. The number of anilines is 1. The highest BCUT2D eigenvalue weighted by atomic mass is 16.3. The Morgan fingerprint density at radius 1 is 1.22 bits per heavy atom. The number of fused-ring (bicyclic) bond motifs is 2. The van der Waals surface area contributed by atoms with Crippen LogP contribution in [0, 0.1) is 0 Å². The molecule has 0 aromatic carbocycles. The number of rotatable bonds is 3. The lowest BCUT2D eigenvalue weighted by molar-refractivity contribution is 0.402. The Morgan fingerprint density at radius 3 is 3.00 bits per heavy atom. The molecule has 4 heterocycles. The average Bonchev–Trinajstić information content (AvgIpc) is 3.27. The minimum atomic E-state index is 0.0480. The highest BCUT2D eigenvalue weighted by molar-refractivity contribution is 5.96. The molecule has 1 aliphatic rings. The van der Waals surface area contributed by atoms with Crippen LogP contribution in [0.1, 0.15) is 25.7 Å². The van der Waals surface area contributed by atoms with Crippen molar-refractivity contribution >= 4 is 22.5 Å². The number of imidazole rings is 1. The molecule has 0 aliphatic heterocycles. The van der Waals surface area contributed by atoms with Gasteiger partial charge in [0.1, 0.15) is 11.3 Å². The summed E-state index contributed by atoms with van der Waals surface area (Å²) in [6.07, 6.45) is 9.71. The van der Waals surface area contributed by atoms with Gasteiger partial charge in [-0.15, -0.1) is 0 Å². The molecular formula is C19H21N7O. The number of H-pyrrole nitrogens is 1. The number of aromatic nitrogens is 5. The largest absolute Gasteiger partial charge is 0.494 e. The van der Waals surface area contributed by atoms with Crippen molar-refractivity contribution in [3.8, 4) is 17.3 Å². The summed E-state index contributed by atoms with van der Waals surface area (Å²) in [5, 5.41) is 14.3. The first-order valence-electron chi connectivity index (χ1n) is 9.23. The lowest BCUT2D eigenvalue weighted by Gasteiger charge is -2.29.